The first-order valence-corrected chi connectivity index (χ1v) is 4.55. The van der Waals surface area contributed by atoms with Crippen LogP contribution in [0, 0.1) is 0 Å². The van der Waals surface area contributed by atoms with E-state index < -0.39 is 24.3 Å². The summed E-state index contributed by atoms with van der Waals surface area (Å²) in [5.41, 5.74) is 0. The Morgan fingerprint density at radius 1 is 1.43 bits per heavy atom. The first kappa shape index (κ1) is 11.8. The lowest BCUT2D eigenvalue weighted by Gasteiger charge is -2.40. The molecule has 1 aliphatic heterocycles. The maximum Gasteiger partial charge on any atom is 0.310 e. The van der Waals surface area contributed by atoms with E-state index in [2.05, 4.69) is 0 Å². The molecule has 6 nitrogen and oxygen atoms in total. The number of aliphatic hydroxyl groups is 4. The summed E-state index contributed by atoms with van der Waals surface area (Å²) in [4.78, 5) is 0. The van der Waals surface area contributed by atoms with Crippen molar-refractivity contribution >= 4 is 0 Å². The molecule has 0 aliphatic carbocycles. The highest BCUT2D eigenvalue weighted by Crippen LogP contribution is 2.25. The lowest BCUT2D eigenvalue weighted by Crippen LogP contribution is -2.62. The third kappa shape index (κ3) is 2.22. The molecule has 1 saturated heterocycles. The van der Waals surface area contributed by atoms with Crippen LogP contribution in [0.5, 0.6) is 0 Å². The van der Waals surface area contributed by atoms with Crippen molar-refractivity contribution in [1.82, 2.24) is 0 Å². The Hall–Kier alpha value is -0.240. The summed E-state index contributed by atoms with van der Waals surface area (Å²) in [5, 5.41) is 37.3. The van der Waals surface area contributed by atoms with Gasteiger partial charge in [0.05, 0.1) is 13.2 Å². The molecule has 1 heterocycles. The normalized spacial score (nSPS) is 43.9. The minimum Gasteiger partial charge on any atom is -0.388 e. The summed E-state index contributed by atoms with van der Waals surface area (Å²) in [5.74, 6) is -2.21. The molecule has 1 unspecified atom stereocenters. The van der Waals surface area contributed by atoms with Crippen molar-refractivity contribution in [3.05, 3.63) is 0 Å². The van der Waals surface area contributed by atoms with Crippen molar-refractivity contribution < 1.29 is 29.9 Å². The zero-order chi connectivity index (χ0) is 10.8. The summed E-state index contributed by atoms with van der Waals surface area (Å²) >= 11 is 0. The fourth-order valence-electron chi connectivity index (χ4n) is 1.19. The summed E-state index contributed by atoms with van der Waals surface area (Å²) in [6, 6.07) is 0. The van der Waals surface area contributed by atoms with Gasteiger partial charge in [-0.1, -0.05) is 6.92 Å². The van der Waals surface area contributed by atoms with Gasteiger partial charge in [-0.3, -0.25) is 0 Å². The molecule has 14 heavy (non-hydrogen) atoms. The average Bonchev–Trinajstić information content (AvgIpc) is 2.19. The zero-order valence-electron chi connectivity index (χ0n) is 7.96. The van der Waals surface area contributed by atoms with Crippen LogP contribution in [0.1, 0.15) is 13.3 Å². The molecule has 6 heteroatoms. The van der Waals surface area contributed by atoms with Crippen LogP contribution in [0.2, 0.25) is 0 Å². The van der Waals surface area contributed by atoms with Crippen molar-refractivity contribution in [2.45, 2.75) is 37.6 Å². The van der Waals surface area contributed by atoms with Gasteiger partial charge in [0.1, 0.15) is 12.2 Å². The third-order valence-electron chi connectivity index (χ3n) is 2.07. The van der Waals surface area contributed by atoms with E-state index in [4.69, 9.17) is 14.6 Å². The maximum absolute atomic E-state index is 9.59. The molecule has 0 saturated carbocycles. The van der Waals surface area contributed by atoms with Crippen molar-refractivity contribution in [2.24, 2.45) is 0 Å². The summed E-state index contributed by atoms with van der Waals surface area (Å²) in [6.07, 6.45) is -3.71. The van der Waals surface area contributed by atoms with E-state index in [-0.39, 0.29) is 13.2 Å². The zero-order valence-corrected chi connectivity index (χ0v) is 7.96. The molecule has 0 amide bonds. The van der Waals surface area contributed by atoms with Gasteiger partial charge in [-0.2, -0.15) is 0 Å². The molecule has 1 fully saturated rings. The fraction of sp³-hybridized carbons (Fsp3) is 1.00. The van der Waals surface area contributed by atoms with E-state index in [1.807, 2.05) is 6.92 Å². The Balaban J connectivity index is 2.60. The Morgan fingerprint density at radius 2 is 2.07 bits per heavy atom. The highest BCUT2D eigenvalue weighted by atomic mass is 16.8. The molecule has 0 bridgehead atoms. The van der Waals surface area contributed by atoms with Crippen molar-refractivity contribution in [1.29, 1.82) is 0 Å². The van der Waals surface area contributed by atoms with Gasteiger partial charge in [-0.05, 0) is 6.42 Å². The Bertz CT molecular complexity index is 183. The maximum atomic E-state index is 9.59. The fourth-order valence-corrected chi connectivity index (χ4v) is 1.19. The molecule has 0 aromatic rings. The molecule has 4 N–H and O–H groups in total. The SMILES string of the molecule is CCCOC1(O)OC[C@H](O)[C@H](O)[C@H]1O. The lowest BCUT2D eigenvalue weighted by molar-refractivity contribution is -0.430. The predicted molar refractivity (Wildman–Crippen MR) is 45.2 cm³/mol. The minimum absolute atomic E-state index is 0.191. The van der Waals surface area contributed by atoms with E-state index in [0.717, 1.165) is 0 Å². The average molecular weight is 208 g/mol. The van der Waals surface area contributed by atoms with Gasteiger partial charge in [0, 0.05) is 0 Å². The third-order valence-corrected chi connectivity index (χ3v) is 2.07. The molecular weight excluding hydrogens is 192 g/mol. The van der Waals surface area contributed by atoms with Crippen LogP contribution < -0.4 is 0 Å². The van der Waals surface area contributed by atoms with E-state index in [9.17, 15) is 15.3 Å². The molecule has 0 spiro atoms. The van der Waals surface area contributed by atoms with Gasteiger partial charge < -0.3 is 29.9 Å². The first-order valence-electron chi connectivity index (χ1n) is 4.55. The number of aliphatic hydroxyl groups excluding tert-OH is 3. The second kappa shape index (κ2) is 4.52. The second-order valence-electron chi connectivity index (χ2n) is 3.29. The van der Waals surface area contributed by atoms with E-state index >= 15 is 0 Å². The van der Waals surface area contributed by atoms with Gasteiger partial charge in [0.15, 0.2) is 6.10 Å². The number of ether oxygens (including phenoxy) is 2. The summed E-state index contributed by atoms with van der Waals surface area (Å²) in [7, 11) is 0. The monoisotopic (exact) mass is 208 g/mol. The molecule has 84 valence electrons. The molecule has 0 aromatic carbocycles. The smallest absolute Gasteiger partial charge is 0.310 e. The lowest BCUT2D eigenvalue weighted by atomic mass is 10.0. The number of hydrogen-bond acceptors (Lipinski definition) is 6. The van der Waals surface area contributed by atoms with Gasteiger partial charge >= 0.3 is 5.97 Å². The Labute approximate surface area is 81.7 Å². The Morgan fingerprint density at radius 3 is 2.64 bits per heavy atom. The Kier molecular flexibility index (Phi) is 3.82. The van der Waals surface area contributed by atoms with Crippen molar-refractivity contribution in [3.8, 4) is 0 Å². The van der Waals surface area contributed by atoms with Crippen LogP contribution in [-0.2, 0) is 9.47 Å². The van der Waals surface area contributed by atoms with Crippen LogP contribution in [0.4, 0.5) is 0 Å². The number of hydrogen-bond donors (Lipinski definition) is 4. The van der Waals surface area contributed by atoms with Crippen LogP contribution >= 0.6 is 0 Å². The molecule has 4 atom stereocenters. The van der Waals surface area contributed by atoms with E-state index in [1.54, 1.807) is 0 Å². The highest BCUT2D eigenvalue weighted by molar-refractivity contribution is 4.86. The molecule has 0 aromatic heterocycles. The largest absolute Gasteiger partial charge is 0.388 e. The number of rotatable bonds is 3. The van der Waals surface area contributed by atoms with E-state index in [0.29, 0.717) is 6.42 Å². The summed E-state index contributed by atoms with van der Waals surface area (Å²) in [6.45, 7) is 1.73. The minimum atomic E-state index is -2.21. The van der Waals surface area contributed by atoms with E-state index in [1.165, 1.54) is 0 Å². The van der Waals surface area contributed by atoms with Crippen LogP contribution in [0.15, 0.2) is 0 Å². The predicted octanol–water partition coefficient (Wildman–Crippen LogP) is -1.83. The standard InChI is InChI=1S/C8H16O6/c1-2-3-13-8(12)7(11)6(10)5(9)4-14-8/h5-7,9-12H,2-4H2,1H3/t5-,6-,7+,8?/m0/s1. The molecule has 1 aliphatic rings. The van der Waals surface area contributed by atoms with Crippen molar-refractivity contribution in [3.63, 3.8) is 0 Å². The van der Waals surface area contributed by atoms with Gasteiger partial charge in [-0.25, -0.2) is 0 Å². The quantitative estimate of drug-likeness (QED) is 0.407. The molecule has 1 rings (SSSR count). The van der Waals surface area contributed by atoms with Gasteiger partial charge in [0.25, 0.3) is 0 Å². The molecule has 0 radical (unpaired) electrons. The van der Waals surface area contributed by atoms with Gasteiger partial charge in [-0.15, -0.1) is 0 Å². The topological polar surface area (TPSA) is 99.4 Å². The van der Waals surface area contributed by atoms with Crippen LogP contribution in [0.3, 0.4) is 0 Å². The molecular formula is C8H16O6. The second-order valence-corrected chi connectivity index (χ2v) is 3.29. The first-order chi connectivity index (χ1) is 6.51. The van der Waals surface area contributed by atoms with Crippen LogP contribution in [-0.4, -0.2) is 57.9 Å². The van der Waals surface area contributed by atoms with Crippen LogP contribution in [0.25, 0.3) is 0 Å². The van der Waals surface area contributed by atoms with Crippen molar-refractivity contribution in [2.75, 3.05) is 13.2 Å². The highest BCUT2D eigenvalue weighted by Gasteiger charge is 2.49. The van der Waals surface area contributed by atoms with Gasteiger partial charge in [0.2, 0.25) is 0 Å². The summed E-state index contributed by atoms with van der Waals surface area (Å²) < 4.78 is 9.60.